The van der Waals surface area contributed by atoms with Gasteiger partial charge in [0.15, 0.2) is 6.10 Å². The first-order valence-corrected chi connectivity index (χ1v) is 12.7. The summed E-state index contributed by atoms with van der Waals surface area (Å²) in [6.45, 7) is 8.92. The van der Waals surface area contributed by atoms with Crippen molar-refractivity contribution in [2.24, 2.45) is 34.5 Å². The molecule has 0 bridgehead atoms. The molecule has 4 nitrogen and oxygen atoms in total. The van der Waals surface area contributed by atoms with Crippen molar-refractivity contribution in [1.82, 2.24) is 0 Å². The number of halogens is 1. The first-order valence-electron chi connectivity index (χ1n) is 12.7. The van der Waals surface area contributed by atoms with Gasteiger partial charge in [-0.25, -0.2) is 0 Å². The lowest BCUT2D eigenvalue weighted by atomic mass is 9.44. The van der Waals surface area contributed by atoms with E-state index in [0.29, 0.717) is 29.1 Å². The van der Waals surface area contributed by atoms with Crippen LogP contribution in [-0.4, -0.2) is 48.5 Å². The number of carbonyl (C=O) groups is 2. The smallest absolute Gasteiger partial charge is 0.303 e. The second-order valence-corrected chi connectivity index (χ2v) is 12.4. The van der Waals surface area contributed by atoms with E-state index in [2.05, 4.69) is 20.9 Å². The number of hydrogen-bond donors (Lipinski definition) is 0. The Labute approximate surface area is 199 Å². The third-order valence-corrected chi connectivity index (χ3v) is 11.1. The molecule has 31 heavy (non-hydrogen) atoms. The van der Waals surface area contributed by atoms with E-state index in [0.717, 1.165) is 42.0 Å². The van der Waals surface area contributed by atoms with Crippen LogP contribution in [0.5, 0.6) is 0 Å². The van der Waals surface area contributed by atoms with Gasteiger partial charge >= 0.3 is 5.97 Å². The molecular formula is C26H42BrNO3. The predicted octanol–water partition coefficient (Wildman–Crippen LogP) is 1.75. The van der Waals surface area contributed by atoms with Gasteiger partial charge in [0, 0.05) is 38.0 Å². The number of carbonyl (C=O) groups excluding carboxylic acids is 2. The van der Waals surface area contributed by atoms with Gasteiger partial charge in [0.05, 0.1) is 20.1 Å². The lowest BCUT2D eigenvalue weighted by molar-refractivity contribution is -0.927. The lowest BCUT2D eigenvalue weighted by Gasteiger charge is -2.62. The number of rotatable bonds is 2. The Hall–Kier alpha value is -0.420. The van der Waals surface area contributed by atoms with E-state index in [9.17, 15) is 9.59 Å². The van der Waals surface area contributed by atoms with E-state index in [1.54, 1.807) is 6.92 Å². The van der Waals surface area contributed by atoms with Crippen LogP contribution in [0.2, 0.25) is 0 Å². The van der Waals surface area contributed by atoms with Gasteiger partial charge in [0.1, 0.15) is 11.8 Å². The molecule has 8 atom stereocenters. The number of Topliss-reactive ketones (excluding diaryl/α,β-unsaturated/α-hetero) is 1. The number of ketones is 1. The van der Waals surface area contributed by atoms with E-state index < -0.39 is 0 Å². The minimum absolute atomic E-state index is 0. The first-order chi connectivity index (χ1) is 14.2. The van der Waals surface area contributed by atoms with Crippen LogP contribution in [0.15, 0.2) is 0 Å². The highest BCUT2D eigenvalue weighted by Crippen LogP contribution is 2.66. The molecule has 5 rings (SSSR count). The largest absolute Gasteiger partial charge is 1.00 e. The Morgan fingerprint density at radius 1 is 1.06 bits per heavy atom. The average molecular weight is 497 g/mol. The van der Waals surface area contributed by atoms with Crippen molar-refractivity contribution in [2.75, 3.05) is 20.1 Å². The molecule has 4 saturated carbocycles. The molecule has 4 aliphatic carbocycles. The Balaban J connectivity index is 0.00000231. The summed E-state index contributed by atoms with van der Waals surface area (Å²) in [6.07, 6.45) is 11.7. The summed E-state index contributed by atoms with van der Waals surface area (Å²) in [4.78, 5) is 24.7. The molecule has 0 aromatic heterocycles. The maximum atomic E-state index is 12.7. The van der Waals surface area contributed by atoms with Gasteiger partial charge in [0.25, 0.3) is 0 Å². The van der Waals surface area contributed by atoms with Crippen LogP contribution in [0.1, 0.15) is 85.0 Å². The Bertz CT molecular complexity index is 734. The van der Waals surface area contributed by atoms with Crippen LogP contribution in [0.25, 0.3) is 0 Å². The summed E-state index contributed by atoms with van der Waals surface area (Å²) >= 11 is 0. The van der Waals surface area contributed by atoms with Crippen molar-refractivity contribution in [3.8, 4) is 0 Å². The average Bonchev–Trinajstić information content (AvgIpc) is 3.25. The van der Waals surface area contributed by atoms with Crippen molar-refractivity contribution in [3.05, 3.63) is 0 Å². The summed E-state index contributed by atoms with van der Waals surface area (Å²) in [7, 11) is 2.42. The zero-order valence-electron chi connectivity index (χ0n) is 20.0. The summed E-state index contributed by atoms with van der Waals surface area (Å²) in [5.41, 5.74) is 0.299. The number of nitrogens with zero attached hydrogens (tertiary/aromatic N) is 1. The van der Waals surface area contributed by atoms with Crippen molar-refractivity contribution in [2.45, 2.75) is 97.1 Å². The molecule has 0 N–H and O–H groups in total. The SMILES string of the molecule is CC(=O)O[C@H]1C[C@@H]2CCC3C4CCC(=O)[C@@]4(C)CCC3[C@@]2(C)C[C@@H]1[N+]1(C)CCCC1.[Br-]. The second kappa shape index (κ2) is 8.11. The Morgan fingerprint density at radius 2 is 1.77 bits per heavy atom. The third-order valence-electron chi connectivity index (χ3n) is 11.1. The van der Waals surface area contributed by atoms with Crippen LogP contribution in [0.3, 0.4) is 0 Å². The number of quaternary nitrogens is 1. The van der Waals surface area contributed by atoms with E-state index in [4.69, 9.17) is 4.74 Å². The normalized spacial score (nSPS) is 48.2. The van der Waals surface area contributed by atoms with Gasteiger partial charge in [-0.2, -0.15) is 0 Å². The number of likely N-dealkylation sites (N-methyl/N-ethyl adjacent to an activating group) is 1. The number of likely N-dealkylation sites (tertiary alicyclic amines) is 1. The molecule has 5 aliphatic rings. The molecule has 0 amide bonds. The van der Waals surface area contributed by atoms with Crippen molar-refractivity contribution in [3.63, 3.8) is 0 Å². The van der Waals surface area contributed by atoms with E-state index in [1.165, 1.54) is 51.6 Å². The highest BCUT2D eigenvalue weighted by Gasteiger charge is 2.63. The van der Waals surface area contributed by atoms with Crippen molar-refractivity contribution >= 4 is 11.8 Å². The lowest BCUT2D eigenvalue weighted by Crippen LogP contribution is -3.00. The van der Waals surface area contributed by atoms with Crippen LogP contribution in [-0.2, 0) is 14.3 Å². The molecule has 176 valence electrons. The van der Waals surface area contributed by atoms with E-state index in [1.807, 2.05) is 0 Å². The molecule has 0 radical (unpaired) electrons. The summed E-state index contributed by atoms with van der Waals surface area (Å²) in [5.74, 6) is 3.19. The number of hydrogen-bond acceptors (Lipinski definition) is 3. The van der Waals surface area contributed by atoms with Crippen LogP contribution in [0.4, 0.5) is 0 Å². The fourth-order valence-corrected chi connectivity index (χ4v) is 9.38. The van der Waals surface area contributed by atoms with Gasteiger partial charge in [-0.3, -0.25) is 9.59 Å². The molecule has 1 heterocycles. The molecular weight excluding hydrogens is 454 g/mol. The molecule has 0 spiro atoms. The molecule has 5 heteroatoms. The van der Waals surface area contributed by atoms with Crippen molar-refractivity contribution in [1.29, 1.82) is 0 Å². The van der Waals surface area contributed by atoms with Crippen LogP contribution < -0.4 is 17.0 Å². The maximum absolute atomic E-state index is 12.7. The topological polar surface area (TPSA) is 43.4 Å². The number of fused-ring (bicyclic) bond motifs is 5. The van der Waals surface area contributed by atoms with E-state index in [-0.39, 0.29) is 34.5 Å². The second-order valence-electron chi connectivity index (χ2n) is 12.4. The highest BCUT2D eigenvalue weighted by atomic mass is 79.9. The van der Waals surface area contributed by atoms with Gasteiger partial charge in [-0.1, -0.05) is 13.8 Å². The third kappa shape index (κ3) is 3.55. The molecule has 1 aliphatic heterocycles. The van der Waals surface area contributed by atoms with Gasteiger partial charge in [0.2, 0.25) is 0 Å². The van der Waals surface area contributed by atoms with Crippen LogP contribution in [0, 0.1) is 34.5 Å². The molecule has 0 aromatic rings. The molecule has 1 saturated heterocycles. The minimum Gasteiger partial charge on any atom is -1.00 e. The zero-order valence-corrected chi connectivity index (χ0v) is 21.6. The van der Waals surface area contributed by atoms with Crippen LogP contribution >= 0.6 is 0 Å². The molecule has 5 fully saturated rings. The molecule has 0 aromatic carbocycles. The van der Waals surface area contributed by atoms with Gasteiger partial charge < -0.3 is 26.2 Å². The van der Waals surface area contributed by atoms with Gasteiger partial charge in [-0.05, 0) is 67.6 Å². The highest BCUT2D eigenvalue weighted by molar-refractivity contribution is 5.87. The maximum Gasteiger partial charge on any atom is 0.303 e. The Morgan fingerprint density at radius 3 is 2.45 bits per heavy atom. The summed E-state index contributed by atoms with van der Waals surface area (Å²) in [5, 5.41) is 0. The van der Waals surface area contributed by atoms with Gasteiger partial charge in [-0.15, -0.1) is 0 Å². The molecule has 3 unspecified atom stereocenters. The zero-order chi connectivity index (χ0) is 21.3. The first kappa shape index (κ1) is 23.7. The number of esters is 1. The minimum atomic E-state index is -0.106. The summed E-state index contributed by atoms with van der Waals surface area (Å²) < 4.78 is 7.11. The van der Waals surface area contributed by atoms with Crippen molar-refractivity contribution < 1.29 is 35.8 Å². The van der Waals surface area contributed by atoms with E-state index >= 15 is 0 Å². The predicted molar refractivity (Wildman–Crippen MR) is 117 cm³/mol. The fourth-order valence-electron chi connectivity index (χ4n) is 9.38. The number of ether oxygens (including phenoxy) is 1. The summed E-state index contributed by atoms with van der Waals surface area (Å²) in [6, 6.07) is 0.440. The fraction of sp³-hybridized carbons (Fsp3) is 0.923. The monoisotopic (exact) mass is 495 g/mol. The standard InChI is InChI=1S/C26H42NO3.BrH/c1-17(28)30-23-15-18-7-8-19-20-9-10-24(29)25(20,2)12-11-21(19)26(18,3)16-22(23)27(4)13-5-6-14-27;/h18-23H,5-16H2,1-4H3;1H/q+1;/p-1/t18-,19?,20?,21?,22-,23-,25-,26-;/m0./s1. The Kier molecular flexibility index (Phi) is 6.21. The quantitative estimate of drug-likeness (QED) is 0.432.